The first-order chi connectivity index (χ1) is 6.72. The quantitative estimate of drug-likeness (QED) is 0.678. The van der Waals surface area contributed by atoms with Crippen LogP contribution in [-0.2, 0) is 6.42 Å². The van der Waals surface area contributed by atoms with Crippen LogP contribution < -0.4 is 4.74 Å². The molecule has 0 N–H and O–H groups in total. The van der Waals surface area contributed by atoms with Crippen LogP contribution >= 0.6 is 11.6 Å². The third-order valence-electron chi connectivity index (χ3n) is 2.20. The number of aryl methyl sites for hydroxylation is 1. The minimum atomic E-state index is 0.278. The van der Waals surface area contributed by atoms with Gasteiger partial charge in [-0.3, -0.25) is 0 Å². The van der Waals surface area contributed by atoms with Crippen molar-refractivity contribution >= 4 is 11.6 Å². The van der Waals surface area contributed by atoms with Crippen LogP contribution in [0.5, 0.6) is 5.75 Å². The minimum Gasteiger partial charge on any atom is -0.497 e. The Kier molecular flexibility index (Phi) is 4.81. The Morgan fingerprint density at radius 3 is 2.86 bits per heavy atom. The largest absolute Gasteiger partial charge is 0.497 e. The van der Waals surface area contributed by atoms with E-state index in [0.717, 1.165) is 25.0 Å². The topological polar surface area (TPSA) is 9.23 Å². The van der Waals surface area contributed by atoms with Gasteiger partial charge in [-0.1, -0.05) is 12.1 Å². The van der Waals surface area contributed by atoms with E-state index in [0.29, 0.717) is 0 Å². The van der Waals surface area contributed by atoms with Gasteiger partial charge >= 0.3 is 0 Å². The van der Waals surface area contributed by atoms with E-state index in [-0.39, 0.29) is 5.38 Å². The van der Waals surface area contributed by atoms with Crippen molar-refractivity contribution in [2.75, 3.05) is 7.11 Å². The molecule has 0 bridgehead atoms. The van der Waals surface area contributed by atoms with E-state index < -0.39 is 0 Å². The van der Waals surface area contributed by atoms with E-state index in [9.17, 15) is 0 Å². The van der Waals surface area contributed by atoms with Crippen LogP contribution in [0, 0.1) is 0 Å². The third-order valence-corrected chi connectivity index (χ3v) is 2.42. The molecule has 0 fully saturated rings. The van der Waals surface area contributed by atoms with Gasteiger partial charge in [-0.25, -0.2) is 0 Å². The summed E-state index contributed by atoms with van der Waals surface area (Å²) < 4.78 is 5.16. The summed E-state index contributed by atoms with van der Waals surface area (Å²) in [7, 11) is 1.69. The Hall–Kier alpha value is -0.690. The van der Waals surface area contributed by atoms with Gasteiger partial charge in [-0.2, -0.15) is 0 Å². The fourth-order valence-electron chi connectivity index (χ4n) is 1.42. The molecular weight excluding hydrogens is 196 g/mol. The van der Waals surface area contributed by atoms with Crippen molar-refractivity contribution in [3.05, 3.63) is 29.8 Å². The van der Waals surface area contributed by atoms with Crippen molar-refractivity contribution in [2.45, 2.75) is 31.6 Å². The van der Waals surface area contributed by atoms with Crippen LogP contribution in [0.2, 0.25) is 0 Å². The molecule has 0 aliphatic heterocycles. The molecular formula is C12H17ClO. The van der Waals surface area contributed by atoms with Gasteiger partial charge in [0.25, 0.3) is 0 Å². The van der Waals surface area contributed by atoms with Gasteiger partial charge in [0.15, 0.2) is 0 Å². The predicted molar refractivity (Wildman–Crippen MR) is 61.2 cm³/mol. The van der Waals surface area contributed by atoms with Crippen molar-refractivity contribution in [2.24, 2.45) is 0 Å². The molecule has 0 aliphatic rings. The Morgan fingerprint density at radius 2 is 2.21 bits per heavy atom. The zero-order valence-corrected chi connectivity index (χ0v) is 9.55. The summed E-state index contributed by atoms with van der Waals surface area (Å²) in [6.45, 7) is 2.03. The molecule has 0 amide bonds. The molecule has 0 saturated carbocycles. The first-order valence-electron chi connectivity index (χ1n) is 4.99. The van der Waals surface area contributed by atoms with Crippen LogP contribution in [0.25, 0.3) is 0 Å². The number of ether oxygens (including phenoxy) is 1. The summed E-state index contributed by atoms with van der Waals surface area (Å²) in [4.78, 5) is 0. The zero-order valence-electron chi connectivity index (χ0n) is 8.79. The van der Waals surface area contributed by atoms with Crippen LogP contribution in [0.3, 0.4) is 0 Å². The van der Waals surface area contributed by atoms with Crippen molar-refractivity contribution in [3.8, 4) is 5.75 Å². The maximum atomic E-state index is 5.88. The molecule has 1 unspecified atom stereocenters. The average Bonchev–Trinajstić information content (AvgIpc) is 2.18. The highest BCUT2D eigenvalue weighted by Gasteiger charge is 1.98. The number of hydrogen-bond donors (Lipinski definition) is 0. The van der Waals surface area contributed by atoms with Gasteiger partial charge in [0.1, 0.15) is 5.75 Å². The van der Waals surface area contributed by atoms with Gasteiger partial charge < -0.3 is 4.74 Å². The van der Waals surface area contributed by atoms with Gasteiger partial charge in [0.2, 0.25) is 0 Å². The first kappa shape index (κ1) is 11.4. The maximum absolute atomic E-state index is 5.88. The van der Waals surface area contributed by atoms with Gasteiger partial charge in [-0.05, 0) is 43.9 Å². The fourth-order valence-corrected chi connectivity index (χ4v) is 1.57. The van der Waals surface area contributed by atoms with E-state index in [1.807, 2.05) is 19.1 Å². The number of hydrogen-bond acceptors (Lipinski definition) is 1. The second-order valence-corrected chi connectivity index (χ2v) is 4.27. The first-order valence-corrected chi connectivity index (χ1v) is 5.43. The van der Waals surface area contributed by atoms with Crippen molar-refractivity contribution in [1.82, 2.24) is 0 Å². The number of benzene rings is 1. The molecule has 78 valence electrons. The Balaban J connectivity index is 2.42. The molecule has 0 aliphatic carbocycles. The minimum absolute atomic E-state index is 0.278. The molecule has 1 nitrogen and oxygen atoms in total. The summed E-state index contributed by atoms with van der Waals surface area (Å²) in [5.41, 5.74) is 1.32. The highest BCUT2D eigenvalue weighted by molar-refractivity contribution is 6.20. The molecule has 1 aromatic carbocycles. The van der Waals surface area contributed by atoms with Gasteiger partial charge in [0.05, 0.1) is 7.11 Å². The summed E-state index contributed by atoms with van der Waals surface area (Å²) in [6.07, 6.45) is 3.28. The lowest BCUT2D eigenvalue weighted by molar-refractivity contribution is 0.414. The second kappa shape index (κ2) is 5.92. The Bertz CT molecular complexity index is 271. The lowest BCUT2D eigenvalue weighted by Gasteiger charge is -2.05. The summed E-state index contributed by atoms with van der Waals surface area (Å²) in [6, 6.07) is 8.20. The summed E-state index contributed by atoms with van der Waals surface area (Å²) in [5.74, 6) is 0.932. The van der Waals surface area contributed by atoms with Gasteiger partial charge in [0, 0.05) is 5.38 Å². The molecule has 1 rings (SSSR count). The number of methoxy groups -OCH3 is 1. The highest BCUT2D eigenvalue weighted by Crippen LogP contribution is 2.15. The maximum Gasteiger partial charge on any atom is 0.119 e. The molecule has 1 aromatic rings. The van der Waals surface area contributed by atoms with Crippen LogP contribution in [0.15, 0.2) is 24.3 Å². The second-order valence-electron chi connectivity index (χ2n) is 3.52. The molecule has 2 heteroatoms. The molecule has 0 spiro atoms. The summed E-state index contributed by atoms with van der Waals surface area (Å²) >= 11 is 5.88. The smallest absolute Gasteiger partial charge is 0.119 e. The van der Waals surface area contributed by atoms with Crippen LogP contribution in [-0.4, -0.2) is 12.5 Å². The van der Waals surface area contributed by atoms with Gasteiger partial charge in [-0.15, -0.1) is 11.6 Å². The van der Waals surface area contributed by atoms with E-state index in [1.54, 1.807) is 7.11 Å². The number of rotatable bonds is 5. The monoisotopic (exact) mass is 212 g/mol. The van der Waals surface area contributed by atoms with E-state index >= 15 is 0 Å². The standard InChI is InChI=1S/C12H17ClO/c1-10(13)5-3-6-11-7-4-8-12(9-11)14-2/h4,7-10H,3,5-6H2,1-2H3. The molecule has 0 heterocycles. The molecule has 1 atom stereocenters. The predicted octanol–water partition coefficient (Wildman–Crippen LogP) is 3.65. The summed E-state index contributed by atoms with van der Waals surface area (Å²) in [5, 5.41) is 0.278. The molecule has 14 heavy (non-hydrogen) atoms. The fraction of sp³-hybridized carbons (Fsp3) is 0.500. The van der Waals surface area contributed by atoms with Crippen LogP contribution in [0.4, 0.5) is 0 Å². The highest BCUT2D eigenvalue weighted by atomic mass is 35.5. The Labute approximate surface area is 91.0 Å². The zero-order chi connectivity index (χ0) is 10.4. The third kappa shape index (κ3) is 4.01. The van der Waals surface area contributed by atoms with Crippen molar-refractivity contribution in [1.29, 1.82) is 0 Å². The molecule has 0 radical (unpaired) electrons. The molecule has 0 saturated heterocycles. The SMILES string of the molecule is COc1cccc(CCCC(C)Cl)c1. The Morgan fingerprint density at radius 1 is 1.43 bits per heavy atom. The van der Waals surface area contributed by atoms with E-state index in [2.05, 4.69) is 12.1 Å². The number of alkyl halides is 1. The number of halogens is 1. The van der Waals surface area contributed by atoms with Crippen molar-refractivity contribution in [3.63, 3.8) is 0 Å². The average molecular weight is 213 g/mol. The molecule has 0 aromatic heterocycles. The lowest BCUT2D eigenvalue weighted by atomic mass is 10.1. The van der Waals surface area contributed by atoms with Crippen LogP contribution in [0.1, 0.15) is 25.3 Å². The van der Waals surface area contributed by atoms with Crippen molar-refractivity contribution < 1.29 is 4.74 Å². The van der Waals surface area contributed by atoms with E-state index in [4.69, 9.17) is 16.3 Å². The normalized spacial score (nSPS) is 12.5. The lowest BCUT2D eigenvalue weighted by Crippen LogP contribution is -1.93. The van der Waals surface area contributed by atoms with E-state index in [1.165, 1.54) is 5.56 Å².